The van der Waals surface area contributed by atoms with Gasteiger partial charge in [-0.15, -0.1) is 0 Å². The molecule has 22 heavy (non-hydrogen) atoms. The van der Waals surface area contributed by atoms with Crippen LogP contribution in [0, 0.1) is 0 Å². The van der Waals surface area contributed by atoms with Crippen LogP contribution in [-0.2, 0) is 4.74 Å². The molecule has 3 rings (SSSR count). The summed E-state index contributed by atoms with van der Waals surface area (Å²) >= 11 is 6.79. The van der Waals surface area contributed by atoms with Crippen molar-refractivity contribution in [1.29, 1.82) is 0 Å². The van der Waals surface area contributed by atoms with E-state index in [2.05, 4.69) is 4.74 Å². The number of rotatable bonds is 1. The highest BCUT2D eigenvalue weighted by atomic mass is 35.5. The highest BCUT2D eigenvalue weighted by Gasteiger charge is 2.22. The maximum Gasteiger partial charge on any atom is 0.343 e. The van der Waals surface area contributed by atoms with Crippen LogP contribution in [-0.4, -0.2) is 22.6 Å². The molecule has 0 aliphatic heterocycles. The number of halogens is 1. The van der Waals surface area contributed by atoms with Crippen molar-refractivity contribution in [3.8, 4) is 5.75 Å². The number of carbonyl (C=O) groups excluding carboxylic acids is 1. The van der Waals surface area contributed by atoms with Gasteiger partial charge in [-0.05, 0) is 18.2 Å². The lowest BCUT2D eigenvalue weighted by Gasteiger charge is -2.10. The molecule has 112 valence electrons. The van der Waals surface area contributed by atoms with Gasteiger partial charge >= 0.3 is 5.97 Å². The molecule has 0 unspecified atom stereocenters. The normalized spacial score (nSPS) is 11.0. The fourth-order valence-electron chi connectivity index (χ4n) is 2.23. The Kier molecular flexibility index (Phi) is 3.38. The van der Waals surface area contributed by atoms with Gasteiger partial charge in [0, 0.05) is 11.1 Å². The first-order valence-corrected chi connectivity index (χ1v) is 7.23. The number of nitrogens with zero attached hydrogens (tertiary/aromatic N) is 1. The van der Waals surface area contributed by atoms with Crippen molar-refractivity contribution in [1.82, 2.24) is 4.40 Å². The van der Waals surface area contributed by atoms with Crippen LogP contribution in [0.25, 0.3) is 15.7 Å². The van der Waals surface area contributed by atoms with Crippen LogP contribution < -0.4 is 10.3 Å². The van der Waals surface area contributed by atoms with E-state index in [9.17, 15) is 19.5 Å². The molecule has 0 aliphatic carbocycles. The second kappa shape index (κ2) is 5.11. The second-order valence-corrected chi connectivity index (χ2v) is 5.87. The molecule has 2 aromatic heterocycles. The molecule has 0 amide bonds. The number of benzene rings is 1. The van der Waals surface area contributed by atoms with Crippen molar-refractivity contribution in [2.24, 2.45) is 0 Å². The zero-order valence-corrected chi connectivity index (χ0v) is 12.7. The summed E-state index contributed by atoms with van der Waals surface area (Å²) in [4.78, 5) is 36.4. The minimum Gasteiger partial charge on any atom is -0.507 e. The van der Waals surface area contributed by atoms with Gasteiger partial charge < -0.3 is 9.84 Å². The number of fused-ring (bicyclic) bond motifs is 3. The molecule has 0 fully saturated rings. The van der Waals surface area contributed by atoms with Crippen LogP contribution in [0.15, 0.2) is 33.9 Å². The molecular formula is C14H8ClNO5S. The van der Waals surface area contributed by atoms with Gasteiger partial charge in [-0.3, -0.25) is 14.0 Å². The average molecular weight is 338 g/mol. The maximum atomic E-state index is 12.3. The largest absolute Gasteiger partial charge is 0.507 e. The zero-order chi connectivity index (χ0) is 16.0. The zero-order valence-electron chi connectivity index (χ0n) is 11.1. The van der Waals surface area contributed by atoms with Gasteiger partial charge in [0.1, 0.15) is 16.8 Å². The molecule has 0 spiro atoms. The quantitative estimate of drug-likeness (QED) is 0.542. The average Bonchev–Trinajstić information content (AvgIpc) is 2.47. The lowest BCUT2D eigenvalue weighted by atomic mass is 10.2. The second-order valence-electron chi connectivity index (χ2n) is 4.42. The van der Waals surface area contributed by atoms with Crippen LogP contribution in [0.1, 0.15) is 10.4 Å². The lowest BCUT2D eigenvalue weighted by molar-refractivity contribution is 0.0599. The number of aromatic hydroxyl groups is 1. The first kappa shape index (κ1) is 14.6. The molecule has 0 aliphatic rings. The van der Waals surface area contributed by atoms with E-state index in [0.717, 1.165) is 28.9 Å². The summed E-state index contributed by atoms with van der Waals surface area (Å²) < 4.78 is 5.64. The topological polar surface area (TPSA) is 85.1 Å². The number of hydrogen-bond acceptors (Lipinski definition) is 6. The van der Waals surface area contributed by atoms with Gasteiger partial charge in [0.25, 0.3) is 10.3 Å². The Morgan fingerprint density at radius 3 is 2.73 bits per heavy atom. The van der Waals surface area contributed by atoms with Crippen molar-refractivity contribution in [3.63, 3.8) is 0 Å². The van der Waals surface area contributed by atoms with E-state index < -0.39 is 22.0 Å². The van der Waals surface area contributed by atoms with Crippen LogP contribution in [0.5, 0.6) is 5.75 Å². The van der Waals surface area contributed by atoms with Gasteiger partial charge in [0.2, 0.25) is 0 Å². The summed E-state index contributed by atoms with van der Waals surface area (Å²) in [6.07, 6.45) is 0. The Morgan fingerprint density at radius 1 is 1.32 bits per heavy atom. The van der Waals surface area contributed by atoms with E-state index >= 15 is 0 Å². The van der Waals surface area contributed by atoms with Crippen LogP contribution >= 0.6 is 22.9 Å². The van der Waals surface area contributed by atoms with Gasteiger partial charge in [-0.25, -0.2) is 4.79 Å². The predicted molar refractivity (Wildman–Crippen MR) is 83.3 cm³/mol. The van der Waals surface area contributed by atoms with E-state index in [1.54, 1.807) is 12.1 Å². The molecule has 1 aromatic carbocycles. The van der Waals surface area contributed by atoms with Gasteiger partial charge in [-0.1, -0.05) is 22.9 Å². The highest BCUT2D eigenvalue weighted by Crippen LogP contribution is 2.25. The molecule has 0 bridgehead atoms. The summed E-state index contributed by atoms with van der Waals surface area (Å²) in [6, 6.07) is 5.58. The number of hydrogen-bond donors (Lipinski definition) is 1. The molecule has 0 atom stereocenters. The van der Waals surface area contributed by atoms with Gasteiger partial charge in [0.15, 0.2) is 0 Å². The van der Waals surface area contributed by atoms with E-state index in [4.69, 9.17) is 11.6 Å². The molecule has 3 aromatic rings. The number of esters is 1. The number of carbonyl (C=O) groups is 1. The molecule has 0 saturated heterocycles. The van der Waals surface area contributed by atoms with E-state index in [1.165, 1.54) is 6.07 Å². The third-order valence-corrected chi connectivity index (χ3v) is 4.32. The van der Waals surface area contributed by atoms with E-state index in [0.29, 0.717) is 15.2 Å². The third kappa shape index (κ3) is 2.06. The Hall–Kier alpha value is -2.38. The first-order chi connectivity index (χ1) is 10.4. The Labute approximate surface area is 131 Å². The van der Waals surface area contributed by atoms with Crippen molar-refractivity contribution in [3.05, 3.63) is 54.7 Å². The Morgan fingerprint density at radius 2 is 2.05 bits per heavy atom. The number of methoxy groups -OCH3 is 1. The van der Waals surface area contributed by atoms with Gasteiger partial charge in [-0.2, -0.15) is 0 Å². The van der Waals surface area contributed by atoms with Crippen molar-refractivity contribution < 1.29 is 14.6 Å². The molecule has 1 N–H and O–H groups in total. The molecule has 0 radical (unpaired) electrons. The van der Waals surface area contributed by atoms with Crippen LogP contribution in [0.3, 0.4) is 0 Å². The minimum absolute atomic E-state index is 0.225. The summed E-state index contributed by atoms with van der Waals surface area (Å²) in [5.74, 6) is -1.50. The molecular weight excluding hydrogens is 330 g/mol. The summed E-state index contributed by atoms with van der Waals surface area (Å²) in [6.45, 7) is 0. The molecule has 6 nitrogen and oxygen atoms in total. The number of pyridine rings is 1. The molecule has 8 heteroatoms. The Bertz CT molecular complexity index is 1050. The molecule has 2 heterocycles. The van der Waals surface area contributed by atoms with Crippen molar-refractivity contribution in [2.45, 2.75) is 0 Å². The van der Waals surface area contributed by atoms with Crippen molar-refractivity contribution >= 4 is 44.6 Å². The smallest absolute Gasteiger partial charge is 0.343 e. The first-order valence-electron chi connectivity index (χ1n) is 6.03. The summed E-state index contributed by atoms with van der Waals surface area (Å²) in [5, 5.41) is 10.2. The van der Waals surface area contributed by atoms with Gasteiger partial charge in [0.05, 0.1) is 17.3 Å². The fraction of sp³-hybridized carbons (Fsp3) is 0.0714. The van der Waals surface area contributed by atoms with Crippen LogP contribution in [0.2, 0.25) is 5.02 Å². The monoisotopic (exact) mass is 337 g/mol. The SMILES string of the molecule is COC(=O)c1c(O)cc(=O)n2c1c(=O)sc1ccc(Cl)cc12. The molecule has 0 saturated carbocycles. The summed E-state index contributed by atoms with van der Waals surface area (Å²) in [7, 11) is 1.12. The van der Waals surface area contributed by atoms with E-state index in [1.807, 2.05) is 0 Å². The number of aromatic nitrogens is 1. The third-order valence-electron chi connectivity index (χ3n) is 3.14. The standard InChI is InChI=1S/C14H8ClNO5S/c1-21-13(19)11-8(17)5-10(18)16-7-4-6(15)2-3-9(7)22-14(20)12(11)16/h2-5,17H,1H3. The number of ether oxygens (including phenoxy) is 1. The predicted octanol–water partition coefficient (Wildman–Crippen LogP) is 2.02. The van der Waals surface area contributed by atoms with E-state index in [-0.39, 0.29) is 11.1 Å². The van der Waals surface area contributed by atoms with Crippen LogP contribution in [0.4, 0.5) is 0 Å². The Balaban J connectivity index is 2.69. The highest BCUT2D eigenvalue weighted by molar-refractivity contribution is 7.16. The lowest BCUT2D eigenvalue weighted by Crippen LogP contribution is -2.21. The fourth-order valence-corrected chi connectivity index (χ4v) is 3.28. The minimum atomic E-state index is -0.902. The maximum absolute atomic E-state index is 12.3. The summed E-state index contributed by atoms with van der Waals surface area (Å²) in [5.41, 5.74) is -0.832. The van der Waals surface area contributed by atoms with Crippen molar-refractivity contribution in [2.75, 3.05) is 7.11 Å².